The van der Waals surface area contributed by atoms with Crippen LogP contribution in [0.3, 0.4) is 0 Å². The van der Waals surface area contributed by atoms with Crippen LogP contribution in [0.5, 0.6) is 0 Å². The van der Waals surface area contributed by atoms with Crippen LogP contribution in [-0.2, 0) is 6.54 Å². The molecule has 1 aliphatic carbocycles. The van der Waals surface area contributed by atoms with Gasteiger partial charge in [-0.05, 0) is 30.7 Å². The Kier molecular flexibility index (Phi) is 5.24. The van der Waals surface area contributed by atoms with Gasteiger partial charge < -0.3 is 5.32 Å². The normalized spacial score (nSPS) is 22.4. The minimum atomic E-state index is -0.288. The molecule has 0 aliphatic heterocycles. The first-order valence-corrected chi connectivity index (χ1v) is 7.83. The molecule has 4 heteroatoms. The second-order valence-electron chi connectivity index (χ2n) is 4.83. The second-order valence-corrected chi connectivity index (χ2v) is 6.35. The van der Waals surface area contributed by atoms with Crippen LogP contribution in [0.4, 0.5) is 4.39 Å². The van der Waals surface area contributed by atoms with Gasteiger partial charge >= 0.3 is 0 Å². The summed E-state index contributed by atoms with van der Waals surface area (Å²) in [6.45, 7) is 2.73. The molecule has 0 heterocycles. The van der Waals surface area contributed by atoms with Crippen molar-refractivity contribution in [2.45, 2.75) is 44.0 Å². The van der Waals surface area contributed by atoms with Crippen molar-refractivity contribution in [1.82, 2.24) is 5.32 Å². The Morgan fingerprint density at radius 1 is 1.47 bits per heavy atom. The largest absolute Gasteiger partial charge is 0.309 e. The SMILES string of the molecule is CCSC1CCCC1NCc1ccc(C#N)cc1F. The third-order valence-electron chi connectivity index (χ3n) is 3.57. The van der Waals surface area contributed by atoms with E-state index in [2.05, 4.69) is 12.2 Å². The number of hydrogen-bond acceptors (Lipinski definition) is 3. The van der Waals surface area contributed by atoms with E-state index in [1.165, 1.54) is 25.3 Å². The molecule has 2 rings (SSSR count). The Bertz CT molecular complexity index is 470. The molecule has 0 amide bonds. The van der Waals surface area contributed by atoms with E-state index in [9.17, 15) is 4.39 Å². The Morgan fingerprint density at radius 2 is 2.32 bits per heavy atom. The van der Waals surface area contributed by atoms with Crippen LogP contribution in [0, 0.1) is 17.1 Å². The molecular formula is C15H19FN2S. The van der Waals surface area contributed by atoms with Crippen molar-refractivity contribution in [1.29, 1.82) is 5.26 Å². The van der Waals surface area contributed by atoms with Gasteiger partial charge in [-0.1, -0.05) is 19.4 Å². The molecule has 1 N–H and O–H groups in total. The van der Waals surface area contributed by atoms with Gasteiger partial charge in [0.25, 0.3) is 0 Å². The van der Waals surface area contributed by atoms with Crippen LogP contribution >= 0.6 is 11.8 Å². The molecule has 19 heavy (non-hydrogen) atoms. The molecule has 1 aromatic carbocycles. The molecule has 0 aromatic heterocycles. The monoisotopic (exact) mass is 278 g/mol. The number of halogens is 1. The lowest BCUT2D eigenvalue weighted by Crippen LogP contribution is -2.33. The summed E-state index contributed by atoms with van der Waals surface area (Å²) in [4.78, 5) is 0. The van der Waals surface area contributed by atoms with Crippen LogP contribution in [-0.4, -0.2) is 17.0 Å². The van der Waals surface area contributed by atoms with Crippen LogP contribution in [0.2, 0.25) is 0 Å². The van der Waals surface area contributed by atoms with Crippen molar-refractivity contribution in [3.8, 4) is 6.07 Å². The summed E-state index contributed by atoms with van der Waals surface area (Å²) in [6, 6.07) is 7.13. The molecule has 0 saturated heterocycles. The van der Waals surface area contributed by atoms with E-state index >= 15 is 0 Å². The summed E-state index contributed by atoms with van der Waals surface area (Å²) in [7, 11) is 0. The van der Waals surface area contributed by atoms with E-state index in [1.54, 1.807) is 12.1 Å². The first-order valence-electron chi connectivity index (χ1n) is 6.78. The van der Waals surface area contributed by atoms with Crippen molar-refractivity contribution in [3.63, 3.8) is 0 Å². The fourth-order valence-corrected chi connectivity index (χ4v) is 3.80. The number of benzene rings is 1. The molecule has 2 nitrogen and oxygen atoms in total. The molecule has 1 aromatic rings. The highest BCUT2D eigenvalue weighted by atomic mass is 32.2. The van der Waals surface area contributed by atoms with Gasteiger partial charge in [0.1, 0.15) is 5.82 Å². The number of nitrogens with one attached hydrogen (secondary N) is 1. The predicted molar refractivity (Wildman–Crippen MR) is 77.5 cm³/mol. The summed E-state index contributed by atoms with van der Waals surface area (Å²) in [5, 5.41) is 12.8. The minimum Gasteiger partial charge on any atom is -0.309 e. The lowest BCUT2D eigenvalue weighted by molar-refractivity contribution is 0.515. The first-order chi connectivity index (χ1) is 9.24. The van der Waals surface area contributed by atoms with E-state index in [4.69, 9.17) is 5.26 Å². The van der Waals surface area contributed by atoms with Crippen LogP contribution in [0.15, 0.2) is 18.2 Å². The molecule has 102 valence electrons. The molecule has 1 fully saturated rings. The van der Waals surface area contributed by atoms with Crippen molar-refractivity contribution in [3.05, 3.63) is 35.1 Å². The van der Waals surface area contributed by atoms with Gasteiger partial charge in [-0.15, -0.1) is 0 Å². The van der Waals surface area contributed by atoms with Gasteiger partial charge in [0, 0.05) is 23.4 Å². The van der Waals surface area contributed by atoms with E-state index < -0.39 is 0 Å². The zero-order valence-electron chi connectivity index (χ0n) is 11.2. The summed E-state index contributed by atoms with van der Waals surface area (Å²) in [6.07, 6.45) is 3.69. The third kappa shape index (κ3) is 3.71. The second kappa shape index (κ2) is 6.93. The lowest BCUT2D eigenvalue weighted by Gasteiger charge is -2.20. The van der Waals surface area contributed by atoms with Gasteiger partial charge in [-0.2, -0.15) is 17.0 Å². The smallest absolute Gasteiger partial charge is 0.129 e. The number of nitrogens with zero attached hydrogens (tertiary/aromatic N) is 1. The van der Waals surface area contributed by atoms with Crippen molar-refractivity contribution >= 4 is 11.8 Å². The lowest BCUT2D eigenvalue weighted by atomic mass is 10.1. The van der Waals surface area contributed by atoms with Gasteiger partial charge in [0.15, 0.2) is 0 Å². The van der Waals surface area contributed by atoms with E-state index in [1.807, 2.05) is 17.8 Å². The molecule has 2 atom stereocenters. The maximum absolute atomic E-state index is 13.8. The van der Waals surface area contributed by atoms with Gasteiger partial charge in [-0.3, -0.25) is 0 Å². The zero-order valence-corrected chi connectivity index (χ0v) is 12.0. The first kappa shape index (κ1) is 14.4. The molecule has 2 unspecified atom stereocenters. The van der Waals surface area contributed by atoms with Gasteiger partial charge in [-0.25, -0.2) is 4.39 Å². The molecule has 1 aliphatic rings. The van der Waals surface area contributed by atoms with Crippen molar-refractivity contribution in [2.75, 3.05) is 5.75 Å². The number of thioether (sulfide) groups is 1. The van der Waals surface area contributed by atoms with Crippen LogP contribution < -0.4 is 5.32 Å². The summed E-state index contributed by atoms with van der Waals surface area (Å²) in [5.41, 5.74) is 1.02. The van der Waals surface area contributed by atoms with E-state index in [0.29, 0.717) is 29.0 Å². The maximum atomic E-state index is 13.8. The highest BCUT2D eigenvalue weighted by Gasteiger charge is 2.26. The van der Waals surface area contributed by atoms with Crippen molar-refractivity contribution < 1.29 is 4.39 Å². The molecule has 0 radical (unpaired) electrons. The van der Waals surface area contributed by atoms with Crippen LogP contribution in [0.1, 0.15) is 37.3 Å². The Hall–Kier alpha value is -1.05. The summed E-state index contributed by atoms with van der Waals surface area (Å²) >= 11 is 1.99. The summed E-state index contributed by atoms with van der Waals surface area (Å²) < 4.78 is 13.8. The van der Waals surface area contributed by atoms with E-state index in [-0.39, 0.29) is 5.82 Å². The topological polar surface area (TPSA) is 35.8 Å². The van der Waals surface area contributed by atoms with Crippen molar-refractivity contribution in [2.24, 2.45) is 0 Å². The average molecular weight is 278 g/mol. The quantitative estimate of drug-likeness (QED) is 0.896. The number of rotatable bonds is 5. The highest BCUT2D eigenvalue weighted by molar-refractivity contribution is 7.99. The standard InChI is InChI=1S/C15H19FN2S/c1-2-19-15-5-3-4-14(15)18-10-12-7-6-11(9-17)8-13(12)16/h6-8,14-15,18H,2-5,10H2,1H3. The average Bonchev–Trinajstić information content (AvgIpc) is 2.85. The van der Waals surface area contributed by atoms with Gasteiger partial charge in [0.05, 0.1) is 11.6 Å². The fourth-order valence-electron chi connectivity index (χ4n) is 2.57. The third-order valence-corrected chi connectivity index (χ3v) is 4.90. The minimum absolute atomic E-state index is 0.288. The zero-order chi connectivity index (χ0) is 13.7. The molecule has 0 spiro atoms. The van der Waals surface area contributed by atoms with Gasteiger partial charge in [0.2, 0.25) is 0 Å². The maximum Gasteiger partial charge on any atom is 0.129 e. The Balaban J connectivity index is 1.93. The highest BCUT2D eigenvalue weighted by Crippen LogP contribution is 2.30. The van der Waals surface area contributed by atoms with E-state index in [0.717, 1.165) is 5.75 Å². The number of nitriles is 1. The molecule has 1 saturated carbocycles. The Labute approximate surface area is 118 Å². The summed E-state index contributed by atoms with van der Waals surface area (Å²) in [5.74, 6) is 0.845. The molecular weight excluding hydrogens is 259 g/mol. The fraction of sp³-hybridized carbons (Fsp3) is 0.533. The number of hydrogen-bond donors (Lipinski definition) is 1. The Morgan fingerprint density at radius 3 is 3.00 bits per heavy atom. The predicted octanol–water partition coefficient (Wildman–Crippen LogP) is 3.46. The molecule has 0 bridgehead atoms. The van der Waals surface area contributed by atoms with Crippen LogP contribution in [0.25, 0.3) is 0 Å².